The lowest BCUT2D eigenvalue weighted by Crippen LogP contribution is -2.32. The van der Waals surface area contributed by atoms with Gasteiger partial charge in [0.2, 0.25) is 5.91 Å². The van der Waals surface area contributed by atoms with Gasteiger partial charge in [-0.3, -0.25) is 9.59 Å². The Labute approximate surface area is 85.7 Å². The standard InChI is InChI=1S/C8H13N3O2S/c1-11(2)7(12)4-9-3-6-5-14-8(13)10-6/h5,9H,3-4H2,1-2H3,(H,10,13). The number of thiazole rings is 1. The summed E-state index contributed by atoms with van der Waals surface area (Å²) in [6.07, 6.45) is 0. The molecule has 78 valence electrons. The SMILES string of the molecule is CN(C)C(=O)CNCc1csc(=O)[nH]1. The van der Waals surface area contributed by atoms with Crippen LogP contribution in [0.5, 0.6) is 0 Å². The Morgan fingerprint density at radius 3 is 2.86 bits per heavy atom. The number of nitrogens with zero attached hydrogens (tertiary/aromatic N) is 1. The first kappa shape index (κ1) is 10.9. The Hall–Kier alpha value is -1.14. The Balaban J connectivity index is 2.29. The molecule has 1 amide bonds. The van der Waals surface area contributed by atoms with E-state index in [4.69, 9.17) is 0 Å². The van der Waals surface area contributed by atoms with Crippen LogP contribution in [-0.4, -0.2) is 36.4 Å². The average Bonchev–Trinajstić information content (AvgIpc) is 2.51. The van der Waals surface area contributed by atoms with Crippen LogP contribution < -0.4 is 10.2 Å². The third kappa shape index (κ3) is 3.31. The molecule has 5 nitrogen and oxygen atoms in total. The van der Waals surface area contributed by atoms with Crippen LogP contribution in [0.25, 0.3) is 0 Å². The highest BCUT2D eigenvalue weighted by Crippen LogP contribution is 1.93. The van der Waals surface area contributed by atoms with Gasteiger partial charge in [-0.25, -0.2) is 0 Å². The van der Waals surface area contributed by atoms with Gasteiger partial charge in [0.15, 0.2) is 0 Å². The first-order valence-electron chi connectivity index (χ1n) is 4.17. The molecule has 1 aromatic heterocycles. The van der Waals surface area contributed by atoms with Crippen molar-refractivity contribution in [1.82, 2.24) is 15.2 Å². The molecule has 0 spiro atoms. The summed E-state index contributed by atoms with van der Waals surface area (Å²) >= 11 is 1.12. The molecule has 6 heteroatoms. The normalized spacial score (nSPS) is 10.1. The minimum atomic E-state index is -0.0688. The van der Waals surface area contributed by atoms with Crippen molar-refractivity contribution in [2.45, 2.75) is 6.54 Å². The van der Waals surface area contributed by atoms with E-state index >= 15 is 0 Å². The molecule has 0 saturated heterocycles. The van der Waals surface area contributed by atoms with Crippen LogP contribution >= 0.6 is 11.3 Å². The second-order valence-corrected chi connectivity index (χ2v) is 3.91. The predicted octanol–water partition coefficient (Wildman–Crippen LogP) is -0.386. The quantitative estimate of drug-likeness (QED) is 0.719. The zero-order valence-electron chi connectivity index (χ0n) is 8.16. The van der Waals surface area contributed by atoms with Gasteiger partial charge in [0.25, 0.3) is 0 Å². The number of hydrogen-bond acceptors (Lipinski definition) is 4. The van der Waals surface area contributed by atoms with Crippen molar-refractivity contribution in [2.24, 2.45) is 0 Å². The van der Waals surface area contributed by atoms with Crippen LogP contribution in [0.3, 0.4) is 0 Å². The fraction of sp³-hybridized carbons (Fsp3) is 0.500. The molecule has 0 atom stereocenters. The van der Waals surface area contributed by atoms with E-state index in [0.29, 0.717) is 6.54 Å². The Bertz CT molecular complexity index is 355. The molecule has 0 saturated carbocycles. The van der Waals surface area contributed by atoms with Gasteiger partial charge in [-0.15, -0.1) is 0 Å². The van der Waals surface area contributed by atoms with Gasteiger partial charge in [0.1, 0.15) is 0 Å². The van der Waals surface area contributed by atoms with E-state index in [0.717, 1.165) is 17.0 Å². The largest absolute Gasteiger partial charge is 0.348 e. The fourth-order valence-corrected chi connectivity index (χ4v) is 1.44. The zero-order valence-corrected chi connectivity index (χ0v) is 8.98. The van der Waals surface area contributed by atoms with Crippen molar-refractivity contribution < 1.29 is 4.79 Å². The van der Waals surface area contributed by atoms with E-state index in [2.05, 4.69) is 10.3 Å². The number of nitrogens with one attached hydrogen (secondary N) is 2. The Morgan fingerprint density at radius 2 is 2.36 bits per heavy atom. The van der Waals surface area contributed by atoms with Crippen molar-refractivity contribution in [2.75, 3.05) is 20.6 Å². The predicted molar refractivity (Wildman–Crippen MR) is 55.3 cm³/mol. The van der Waals surface area contributed by atoms with Gasteiger partial charge in [-0.2, -0.15) is 0 Å². The maximum Gasteiger partial charge on any atom is 0.304 e. The van der Waals surface area contributed by atoms with Crippen LogP contribution in [-0.2, 0) is 11.3 Å². The topological polar surface area (TPSA) is 65.2 Å². The molecule has 0 radical (unpaired) electrons. The molecule has 0 aliphatic rings. The van der Waals surface area contributed by atoms with Crippen LogP contribution in [0, 0.1) is 0 Å². The summed E-state index contributed by atoms with van der Waals surface area (Å²) in [4.78, 5) is 26.0. The number of likely N-dealkylation sites (N-methyl/N-ethyl adjacent to an activating group) is 1. The summed E-state index contributed by atoms with van der Waals surface area (Å²) in [5.41, 5.74) is 0.812. The number of carbonyl (C=O) groups is 1. The molecule has 0 fully saturated rings. The lowest BCUT2D eigenvalue weighted by Gasteiger charge is -2.10. The van der Waals surface area contributed by atoms with Crippen molar-refractivity contribution in [3.05, 3.63) is 20.7 Å². The van der Waals surface area contributed by atoms with E-state index in [1.54, 1.807) is 19.5 Å². The Kier molecular flexibility index (Phi) is 3.84. The third-order valence-electron chi connectivity index (χ3n) is 1.66. The lowest BCUT2D eigenvalue weighted by molar-refractivity contribution is -0.127. The number of amides is 1. The van der Waals surface area contributed by atoms with Gasteiger partial charge in [-0.05, 0) is 0 Å². The number of H-pyrrole nitrogens is 1. The number of carbonyl (C=O) groups excluding carboxylic acids is 1. The molecule has 0 aromatic carbocycles. The highest BCUT2D eigenvalue weighted by atomic mass is 32.1. The van der Waals surface area contributed by atoms with Gasteiger partial charge in [-0.1, -0.05) is 11.3 Å². The van der Waals surface area contributed by atoms with Gasteiger partial charge in [0, 0.05) is 31.7 Å². The molecule has 1 heterocycles. The summed E-state index contributed by atoms with van der Waals surface area (Å²) < 4.78 is 0. The molecule has 0 aliphatic heterocycles. The summed E-state index contributed by atoms with van der Waals surface area (Å²) in [6, 6.07) is 0. The minimum Gasteiger partial charge on any atom is -0.348 e. The summed E-state index contributed by atoms with van der Waals surface area (Å²) in [6.45, 7) is 0.795. The molecular formula is C8H13N3O2S. The first-order chi connectivity index (χ1) is 6.59. The zero-order chi connectivity index (χ0) is 10.6. The Morgan fingerprint density at radius 1 is 1.64 bits per heavy atom. The number of aromatic nitrogens is 1. The monoisotopic (exact) mass is 215 g/mol. The first-order valence-corrected chi connectivity index (χ1v) is 5.05. The van der Waals surface area contributed by atoms with E-state index in [1.807, 2.05) is 0 Å². The van der Waals surface area contributed by atoms with Crippen molar-refractivity contribution >= 4 is 17.2 Å². The highest BCUT2D eigenvalue weighted by molar-refractivity contribution is 7.07. The van der Waals surface area contributed by atoms with E-state index in [1.165, 1.54) is 4.90 Å². The second-order valence-electron chi connectivity index (χ2n) is 3.07. The fourth-order valence-electron chi connectivity index (χ4n) is 0.863. The maximum atomic E-state index is 11.1. The molecule has 1 aromatic rings. The second kappa shape index (κ2) is 4.92. The van der Waals surface area contributed by atoms with Crippen LogP contribution in [0.4, 0.5) is 0 Å². The summed E-state index contributed by atoms with van der Waals surface area (Å²) in [5, 5.41) is 4.69. The summed E-state index contributed by atoms with van der Waals surface area (Å²) in [7, 11) is 3.41. The van der Waals surface area contributed by atoms with Gasteiger partial charge in [0.05, 0.1) is 6.54 Å². The van der Waals surface area contributed by atoms with Crippen LogP contribution in [0.1, 0.15) is 5.69 Å². The molecule has 2 N–H and O–H groups in total. The summed E-state index contributed by atoms with van der Waals surface area (Å²) in [5.74, 6) is 0.0163. The highest BCUT2D eigenvalue weighted by Gasteiger charge is 2.02. The van der Waals surface area contributed by atoms with E-state index < -0.39 is 0 Å². The van der Waals surface area contributed by atoms with Gasteiger partial charge < -0.3 is 15.2 Å². The number of aromatic amines is 1. The molecule has 0 unspecified atom stereocenters. The van der Waals surface area contributed by atoms with E-state index in [-0.39, 0.29) is 17.3 Å². The van der Waals surface area contributed by atoms with Crippen LogP contribution in [0.2, 0.25) is 0 Å². The molecule has 0 bridgehead atoms. The minimum absolute atomic E-state index is 0.0163. The lowest BCUT2D eigenvalue weighted by atomic mass is 10.4. The van der Waals surface area contributed by atoms with Gasteiger partial charge >= 0.3 is 4.87 Å². The third-order valence-corrected chi connectivity index (χ3v) is 2.38. The number of rotatable bonds is 4. The smallest absolute Gasteiger partial charge is 0.304 e. The number of hydrogen-bond donors (Lipinski definition) is 2. The van der Waals surface area contributed by atoms with Crippen LogP contribution in [0.15, 0.2) is 10.2 Å². The molecule has 1 rings (SSSR count). The molecular weight excluding hydrogens is 202 g/mol. The van der Waals surface area contributed by atoms with Crippen molar-refractivity contribution in [3.63, 3.8) is 0 Å². The molecule has 0 aliphatic carbocycles. The van der Waals surface area contributed by atoms with Crippen molar-refractivity contribution in [1.29, 1.82) is 0 Å². The molecule has 14 heavy (non-hydrogen) atoms. The average molecular weight is 215 g/mol. The maximum absolute atomic E-state index is 11.1. The van der Waals surface area contributed by atoms with Crippen molar-refractivity contribution in [3.8, 4) is 0 Å². The van der Waals surface area contributed by atoms with E-state index in [9.17, 15) is 9.59 Å².